The molecule has 21 heavy (non-hydrogen) atoms. The van der Waals surface area contributed by atoms with Crippen molar-refractivity contribution >= 4 is 45.2 Å². The van der Waals surface area contributed by atoms with Gasteiger partial charge in [0.05, 0.1) is 5.75 Å². The van der Waals surface area contributed by atoms with Crippen molar-refractivity contribution in [2.24, 2.45) is 0 Å². The van der Waals surface area contributed by atoms with E-state index in [9.17, 15) is 18.0 Å². The number of benzene rings is 1. The van der Waals surface area contributed by atoms with E-state index in [0.29, 0.717) is 4.31 Å². The third-order valence-electron chi connectivity index (χ3n) is 2.29. The number of sulfonamides is 1. The van der Waals surface area contributed by atoms with Crippen LogP contribution in [0.5, 0.6) is 0 Å². The SMILES string of the molecule is O=C(O)CN(CC(=O)O)S(=O)(=O)Cc1cc(Cl)cc(Cl)c1. The lowest BCUT2D eigenvalue weighted by molar-refractivity contribution is -0.139. The first-order valence-electron chi connectivity index (χ1n) is 5.46. The van der Waals surface area contributed by atoms with E-state index in [2.05, 4.69) is 0 Å². The van der Waals surface area contributed by atoms with Gasteiger partial charge in [0.25, 0.3) is 0 Å². The molecular formula is C11H11Cl2NO6S. The van der Waals surface area contributed by atoms with E-state index in [1.54, 1.807) is 0 Å². The molecule has 1 aromatic rings. The number of rotatable bonds is 7. The first kappa shape index (κ1) is 17.7. The quantitative estimate of drug-likeness (QED) is 0.762. The molecule has 0 aliphatic carbocycles. The lowest BCUT2D eigenvalue weighted by Gasteiger charge is -2.18. The molecule has 0 saturated heterocycles. The van der Waals surface area contributed by atoms with E-state index in [0.717, 1.165) is 0 Å². The summed E-state index contributed by atoms with van der Waals surface area (Å²) >= 11 is 11.5. The van der Waals surface area contributed by atoms with Gasteiger partial charge >= 0.3 is 11.9 Å². The Kier molecular flexibility index (Phi) is 5.97. The van der Waals surface area contributed by atoms with Crippen LogP contribution in [0.1, 0.15) is 5.56 Å². The van der Waals surface area contributed by atoms with Gasteiger partial charge in [-0.05, 0) is 23.8 Å². The maximum atomic E-state index is 12.1. The fourth-order valence-corrected chi connectivity index (χ4v) is 3.51. The summed E-state index contributed by atoms with van der Waals surface area (Å²) in [6.07, 6.45) is 0. The van der Waals surface area contributed by atoms with Crippen LogP contribution >= 0.6 is 23.2 Å². The summed E-state index contributed by atoms with van der Waals surface area (Å²) < 4.78 is 24.6. The molecule has 0 saturated carbocycles. The van der Waals surface area contributed by atoms with Crippen molar-refractivity contribution in [1.29, 1.82) is 0 Å². The van der Waals surface area contributed by atoms with Crippen molar-refractivity contribution in [1.82, 2.24) is 4.31 Å². The molecule has 0 heterocycles. The van der Waals surface area contributed by atoms with Crippen molar-refractivity contribution in [3.63, 3.8) is 0 Å². The van der Waals surface area contributed by atoms with Gasteiger partial charge in [-0.25, -0.2) is 8.42 Å². The predicted molar refractivity (Wildman–Crippen MR) is 75.9 cm³/mol. The molecule has 2 N–H and O–H groups in total. The zero-order valence-corrected chi connectivity index (χ0v) is 12.8. The molecule has 0 aliphatic rings. The minimum absolute atomic E-state index is 0.218. The van der Waals surface area contributed by atoms with Crippen LogP contribution in [-0.2, 0) is 25.4 Å². The van der Waals surface area contributed by atoms with Gasteiger partial charge in [-0.15, -0.1) is 0 Å². The van der Waals surface area contributed by atoms with E-state index in [1.165, 1.54) is 18.2 Å². The van der Waals surface area contributed by atoms with Crippen LogP contribution in [0.4, 0.5) is 0 Å². The molecule has 0 aliphatic heterocycles. The second-order valence-electron chi connectivity index (χ2n) is 4.09. The van der Waals surface area contributed by atoms with Crippen LogP contribution in [0.15, 0.2) is 18.2 Å². The molecule has 1 rings (SSSR count). The van der Waals surface area contributed by atoms with Gasteiger partial charge in [-0.3, -0.25) is 9.59 Å². The molecule has 0 amide bonds. The number of nitrogens with zero attached hydrogens (tertiary/aromatic N) is 1. The second kappa shape index (κ2) is 7.08. The first-order valence-corrected chi connectivity index (χ1v) is 7.83. The van der Waals surface area contributed by atoms with E-state index >= 15 is 0 Å². The number of hydrogen-bond acceptors (Lipinski definition) is 4. The molecule has 0 unspecified atom stereocenters. The van der Waals surface area contributed by atoms with Crippen molar-refractivity contribution in [2.75, 3.05) is 13.1 Å². The third kappa shape index (κ3) is 5.88. The highest BCUT2D eigenvalue weighted by atomic mass is 35.5. The highest BCUT2D eigenvalue weighted by molar-refractivity contribution is 7.88. The second-order valence-corrected chi connectivity index (χ2v) is 6.93. The number of hydrogen-bond donors (Lipinski definition) is 2. The monoisotopic (exact) mass is 355 g/mol. The lowest BCUT2D eigenvalue weighted by Crippen LogP contribution is -2.40. The maximum Gasteiger partial charge on any atom is 0.318 e. The minimum atomic E-state index is -4.14. The number of carbonyl (C=O) groups is 2. The summed E-state index contributed by atoms with van der Waals surface area (Å²) in [5, 5.41) is 17.8. The van der Waals surface area contributed by atoms with Crippen molar-refractivity contribution < 1.29 is 28.2 Å². The van der Waals surface area contributed by atoms with Crippen LogP contribution in [0.25, 0.3) is 0 Å². The number of halogens is 2. The van der Waals surface area contributed by atoms with Crippen LogP contribution in [0.2, 0.25) is 10.0 Å². The summed E-state index contributed by atoms with van der Waals surface area (Å²) in [4.78, 5) is 21.3. The summed E-state index contributed by atoms with van der Waals surface area (Å²) in [7, 11) is -4.14. The molecule has 0 fully saturated rings. The fourth-order valence-electron chi connectivity index (χ4n) is 1.55. The highest BCUT2D eigenvalue weighted by Crippen LogP contribution is 2.21. The Hall–Kier alpha value is -1.35. The molecule has 0 spiro atoms. The summed E-state index contributed by atoms with van der Waals surface area (Å²) in [6, 6.07) is 4.11. The maximum absolute atomic E-state index is 12.1. The molecule has 116 valence electrons. The molecule has 1 aromatic carbocycles. The Morgan fingerprint density at radius 2 is 1.43 bits per heavy atom. The summed E-state index contributed by atoms with van der Waals surface area (Å²) in [5.74, 6) is -3.51. The van der Waals surface area contributed by atoms with Crippen LogP contribution in [0, 0.1) is 0 Å². The number of carboxylic acids is 2. The van der Waals surface area contributed by atoms with Gasteiger partial charge < -0.3 is 10.2 Å². The van der Waals surface area contributed by atoms with Crippen molar-refractivity contribution in [3.05, 3.63) is 33.8 Å². The normalized spacial score (nSPS) is 11.6. The third-order valence-corrected chi connectivity index (χ3v) is 4.47. The molecule has 0 atom stereocenters. The van der Waals surface area contributed by atoms with E-state index in [-0.39, 0.29) is 15.6 Å². The van der Waals surface area contributed by atoms with Crippen LogP contribution in [0.3, 0.4) is 0 Å². The van der Waals surface area contributed by atoms with Gasteiger partial charge in [0, 0.05) is 10.0 Å². The predicted octanol–water partition coefficient (Wildman–Crippen LogP) is 1.29. The fraction of sp³-hybridized carbons (Fsp3) is 0.273. The molecule has 10 heteroatoms. The molecular weight excluding hydrogens is 345 g/mol. The van der Waals surface area contributed by atoms with Gasteiger partial charge in [0.1, 0.15) is 13.1 Å². The smallest absolute Gasteiger partial charge is 0.318 e. The average Bonchev–Trinajstić information content (AvgIpc) is 2.24. The van der Waals surface area contributed by atoms with Gasteiger partial charge in [0.15, 0.2) is 0 Å². The average molecular weight is 356 g/mol. The topological polar surface area (TPSA) is 112 Å². The molecule has 7 nitrogen and oxygen atoms in total. The van der Waals surface area contributed by atoms with Crippen molar-refractivity contribution in [3.8, 4) is 0 Å². The molecule has 0 radical (unpaired) electrons. The highest BCUT2D eigenvalue weighted by Gasteiger charge is 2.27. The van der Waals surface area contributed by atoms with Gasteiger partial charge in [0.2, 0.25) is 10.0 Å². The zero-order valence-electron chi connectivity index (χ0n) is 10.5. The van der Waals surface area contributed by atoms with Crippen LogP contribution < -0.4 is 0 Å². The van der Waals surface area contributed by atoms with Gasteiger partial charge in [-0.1, -0.05) is 23.2 Å². The minimum Gasteiger partial charge on any atom is -0.480 e. The molecule has 0 aromatic heterocycles. The van der Waals surface area contributed by atoms with Crippen LogP contribution in [-0.4, -0.2) is 48.0 Å². The van der Waals surface area contributed by atoms with Crippen molar-refractivity contribution in [2.45, 2.75) is 5.75 Å². The first-order chi connectivity index (χ1) is 9.60. The standard InChI is InChI=1S/C11H11Cl2NO6S/c12-8-1-7(2-9(13)3-8)6-21(19,20)14(4-10(15)16)5-11(17)18/h1-3H,4-6H2,(H,15,16)(H,17,18). The van der Waals surface area contributed by atoms with Gasteiger partial charge in [-0.2, -0.15) is 4.31 Å². The lowest BCUT2D eigenvalue weighted by atomic mass is 10.2. The Morgan fingerprint density at radius 1 is 1.00 bits per heavy atom. The van der Waals surface area contributed by atoms with E-state index in [4.69, 9.17) is 33.4 Å². The Labute approximate surface area is 130 Å². The number of aliphatic carboxylic acids is 2. The summed E-state index contributed by atoms with van der Waals surface area (Å²) in [6.45, 7) is -1.88. The van der Waals surface area contributed by atoms with E-state index in [1.807, 2.05) is 0 Å². The largest absolute Gasteiger partial charge is 0.480 e. The van der Waals surface area contributed by atoms with E-state index < -0.39 is 40.8 Å². The summed E-state index contributed by atoms with van der Waals surface area (Å²) in [5.41, 5.74) is 0.230. The molecule has 0 bridgehead atoms. The number of carboxylic acid groups (broad SMARTS) is 2. The Balaban J connectivity index is 3.04. The zero-order chi connectivity index (χ0) is 16.2. The Bertz CT molecular complexity index is 624. The Morgan fingerprint density at radius 3 is 1.81 bits per heavy atom.